The first-order chi connectivity index (χ1) is 10.1. The van der Waals surface area contributed by atoms with Crippen LogP contribution in [0.4, 0.5) is 0 Å². The normalized spacial score (nSPS) is 25.8. The maximum absolute atomic E-state index is 5.47. The van der Waals surface area contributed by atoms with Gasteiger partial charge in [0.1, 0.15) is 0 Å². The molecule has 1 N–H and O–H groups in total. The molecule has 118 valence electrons. The van der Waals surface area contributed by atoms with E-state index in [9.17, 15) is 0 Å². The predicted octanol–water partition coefficient (Wildman–Crippen LogP) is 2.87. The molecule has 21 heavy (non-hydrogen) atoms. The van der Waals surface area contributed by atoms with Crippen LogP contribution in [-0.4, -0.2) is 44.3 Å². The maximum atomic E-state index is 5.47. The molecule has 1 aromatic carbocycles. The summed E-state index contributed by atoms with van der Waals surface area (Å²) in [6, 6.07) is 11.3. The van der Waals surface area contributed by atoms with Crippen molar-refractivity contribution in [2.24, 2.45) is 5.92 Å². The van der Waals surface area contributed by atoms with Crippen molar-refractivity contribution in [3.63, 3.8) is 0 Å². The Morgan fingerprint density at radius 2 is 2.00 bits per heavy atom. The van der Waals surface area contributed by atoms with Gasteiger partial charge in [0, 0.05) is 19.7 Å². The molecule has 0 aliphatic carbocycles. The van der Waals surface area contributed by atoms with Crippen LogP contribution in [0.5, 0.6) is 0 Å². The number of nitrogens with one attached hydrogen (secondary N) is 1. The summed E-state index contributed by atoms with van der Waals surface area (Å²) in [6.45, 7) is 11.0. The third kappa shape index (κ3) is 4.06. The Labute approximate surface area is 129 Å². The third-order valence-corrected chi connectivity index (χ3v) is 4.64. The topological polar surface area (TPSA) is 24.5 Å². The number of ether oxygens (including phenoxy) is 1. The van der Waals surface area contributed by atoms with Crippen LogP contribution in [0, 0.1) is 5.92 Å². The van der Waals surface area contributed by atoms with Gasteiger partial charge in [-0.05, 0) is 37.9 Å². The minimum Gasteiger partial charge on any atom is -0.383 e. The summed E-state index contributed by atoms with van der Waals surface area (Å²) in [6.07, 6.45) is 1.19. The van der Waals surface area contributed by atoms with E-state index in [0.29, 0.717) is 12.0 Å². The fourth-order valence-electron chi connectivity index (χ4n) is 3.36. The van der Waals surface area contributed by atoms with E-state index in [0.717, 1.165) is 26.2 Å². The first-order valence-corrected chi connectivity index (χ1v) is 8.10. The molecular formula is C18H30N2O. The molecule has 2 rings (SSSR count). The van der Waals surface area contributed by atoms with E-state index in [1.54, 1.807) is 0 Å². The fourth-order valence-corrected chi connectivity index (χ4v) is 3.36. The molecule has 1 saturated heterocycles. The molecule has 0 spiro atoms. The SMILES string of the molecule is COCC(C(C)C)N1CCCNC(C)(c2ccccc2)C1. The average Bonchev–Trinajstić information content (AvgIpc) is 2.68. The van der Waals surface area contributed by atoms with Crippen LogP contribution >= 0.6 is 0 Å². The molecule has 0 saturated carbocycles. The molecule has 1 aliphatic heterocycles. The Morgan fingerprint density at radius 3 is 2.62 bits per heavy atom. The smallest absolute Gasteiger partial charge is 0.0620 e. The highest BCUT2D eigenvalue weighted by atomic mass is 16.5. The Morgan fingerprint density at radius 1 is 1.29 bits per heavy atom. The lowest BCUT2D eigenvalue weighted by Gasteiger charge is -2.39. The van der Waals surface area contributed by atoms with Gasteiger partial charge in [0.2, 0.25) is 0 Å². The van der Waals surface area contributed by atoms with Crippen LogP contribution in [0.3, 0.4) is 0 Å². The zero-order chi connectivity index (χ0) is 15.3. The van der Waals surface area contributed by atoms with E-state index in [2.05, 4.69) is 61.3 Å². The van der Waals surface area contributed by atoms with Crippen molar-refractivity contribution >= 4 is 0 Å². The number of nitrogens with zero attached hydrogens (tertiary/aromatic N) is 1. The molecule has 2 atom stereocenters. The predicted molar refractivity (Wildman–Crippen MR) is 88.5 cm³/mol. The molecule has 0 aromatic heterocycles. The van der Waals surface area contributed by atoms with Gasteiger partial charge in [0.05, 0.1) is 12.1 Å². The zero-order valence-electron chi connectivity index (χ0n) is 13.9. The van der Waals surface area contributed by atoms with Gasteiger partial charge in [-0.3, -0.25) is 4.90 Å². The lowest BCUT2D eigenvalue weighted by Crippen LogP contribution is -2.51. The van der Waals surface area contributed by atoms with Crippen LogP contribution < -0.4 is 5.32 Å². The average molecular weight is 290 g/mol. The largest absolute Gasteiger partial charge is 0.383 e. The lowest BCUT2D eigenvalue weighted by molar-refractivity contribution is 0.0537. The molecule has 3 heteroatoms. The van der Waals surface area contributed by atoms with Crippen molar-refractivity contribution in [1.29, 1.82) is 0 Å². The Kier molecular flexibility index (Phi) is 5.80. The second-order valence-electron chi connectivity index (χ2n) is 6.72. The van der Waals surface area contributed by atoms with Crippen molar-refractivity contribution < 1.29 is 4.74 Å². The summed E-state index contributed by atoms with van der Waals surface area (Å²) in [5, 5.41) is 3.76. The standard InChI is InChI=1S/C18H30N2O/c1-15(2)17(13-21-4)20-12-8-11-19-18(3,14-20)16-9-6-5-7-10-16/h5-7,9-10,15,17,19H,8,11-14H2,1-4H3. The van der Waals surface area contributed by atoms with E-state index >= 15 is 0 Å². The van der Waals surface area contributed by atoms with Gasteiger partial charge < -0.3 is 10.1 Å². The van der Waals surface area contributed by atoms with Gasteiger partial charge in [0.25, 0.3) is 0 Å². The van der Waals surface area contributed by atoms with Crippen molar-refractivity contribution in [1.82, 2.24) is 10.2 Å². The summed E-state index contributed by atoms with van der Waals surface area (Å²) in [5.74, 6) is 0.600. The second kappa shape index (κ2) is 7.39. The molecular weight excluding hydrogens is 260 g/mol. The van der Waals surface area contributed by atoms with Crippen molar-refractivity contribution in [3.05, 3.63) is 35.9 Å². The van der Waals surface area contributed by atoms with Gasteiger partial charge in [-0.2, -0.15) is 0 Å². The zero-order valence-corrected chi connectivity index (χ0v) is 13.9. The molecule has 1 fully saturated rings. The van der Waals surface area contributed by atoms with Crippen LogP contribution in [-0.2, 0) is 10.3 Å². The summed E-state index contributed by atoms with van der Waals surface area (Å²) >= 11 is 0. The number of rotatable bonds is 5. The quantitative estimate of drug-likeness (QED) is 0.902. The van der Waals surface area contributed by atoms with Gasteiger partial charge in [-0.25, -0.2) is 0 Å². The van der Waals surface area contributed by atoms with Crippen molar-refractivity contribution in [2.45, 2.75) is 38.8 Å². The Hall–Kier alpha value is -0.900. The minimum absolute atomic E-state index is 0.0125. The van der Waals surface area contributed by atoms with E-state index in [-0.39, 0.29) is 5.54 Å². The summed E-state index contributed by atoms with van der Waals surface area (Å²) in [4.78, 5) is 2.61. The van der Waals surface area contributed by atoms with Crippen LogP contribution in [0.1, 0.15) is 32.8 Å². The molecule has 1 heterocycles. The highest BCUT2D eigenvalue weighted by Gasteiger charge is 2.34. The molecule has 3 nitrogen and oxygen atoms in total. The van der Waals surface area contributed by atoms with Gasteiger partial charge in [-0.1, -0.05) is 44.2 Å². The van der Waals surface area contributed by atoms with Crippen LogP contribution in [0.25, 0.3) is 0 Å². The summed E-state index contributed by atoms with van der Waals surface area (Å²) < 4.78 is 5.47. The van der Waals surface area contributed by atoms with Crippen LogP contribution in [0.15, 0.2) is 30.3 Å². The molecule has 2 unspecified atom stereocenters. The minimum atomic E-state index is 0.0125. The van der Waals surface area contributed by atoms with Gasteiger partial charge in [-0.15, -0.1) is 0 Å². The first kappa shape index (κ1) is 16.5. The molecule has 0 radical (unpaired) electrons. The monoisotopic (exact) mass is 290 g/mol. The third-order valence-electron chi connectivity index (χ3n) is 4.64. The maximum Gasteiger partial charge on any atom is 0.0620 e. The molecule has 0 amide bonds. The number of hydrogen-bond acceptors (Lipinski definition) is 3. The molecule has 1 aliphatic rings. The van der Waals surface area contributed by atoms with Gasteiger partial charge >= 0.3 is 0 Å². The molecule has 1 aromatic rings. The van der Waals surface area contributed by atoms with Crippen molar-refractivity contribution in [3.8, 4) is 0 Å². The van der Waals surface area contributed by atoms with E-state index < -0.39 is 0 Å². The summed E-state index contributed by atoms with van der Waals surface area (Å²) in [7, 11) is 1.81. The van der Waals surface area contributed by atoms with Gasteiger partial charge in [0.15, 0.2) is 0 Å². The summed E-state index contributed by atoms with van der Waals surface area (Å²) in [5.41, 5.74) is 1.38. The Balaban J connectivity index is 2.21. The Bertz CT molecular complexity index is 420. The number of hydrogen-bond donors (Lipinski definition) is 1. The second-order valence-corrected chi connectivity index (χ2v) is 6.72. The van der Waals surface area contributed by atoms with E-state index in [1.165, 1.54) is 12.0 Å². The number of methoxy groups -OCH3 is 1. The molecule has 0 bridgehead atoms. The highest BCUT2D eigenvalue weighted by molar-refractivity contribution is 5.24. The number of benzene rings is 1. The van der Waals surface area contributed by atoms with E-state index in [1.807, 2.05) is 7.11 Å². The first-order valence-electron chi connectivity index (χ1n) is 8.10. The van der Waals surface area contributed by atoms with Crippen LogP contribution in [0.2, 0.25) is 0 Å². The fraction of sp³-hybridized carbons (Fsp3) is 0.667. The lowest BCUT2D eigenvalue weighted by atomic mass is 9.90. The van der Waals surface area contributed by atoms with E-state index in [4.69, 9.17) is 4.74 Å². The highest BCUT2D eigenvalue weighted by Crippen LogP contribution is 2.26. The van der Waals surface area contributed by atoms with Crippen molar-refractivity contribution in [2.75, 3.05) is 33.4 Å².